The molecule has 0 aliphatic heterocycles. The molecule has 0 saturated heterocycles. The SMILES string of the molecule is Cl.Cl.[CH2-]C1=CC=CC1.[Hf]. The van der Waals surface area contributed by atoms with Gasteiger partial charge in [0.2, 0.25) is 0 Å². The van der Waals surface area contributed by atoms with Crippen molar-refractivity contribution >= 4 is 24.8 Å². The van der Waals surface area contributed by atoms with Crippen LogP contribution in [0.1, 0.15) is 6.42 Å². The van der Waals surface area contributed by atoms with Gasteiger partial charge in [-0.2, -0.15) is 0 Å². The first-order chi connectivity index (χ1) is 2.89. The van der Waals surface area contributed by atoms with Crippen LogP contribution in [0, 0.1) is 6.92 Å². The molecule has 0 spiro atoms. The molecule has 0 atom stereocenters. The first kappa shape index (κ1) is 16.4. The van der Waals surface area contributed by atoms with Gasteiger partial charge in [0.25, 0.3) is 0 Å². The standard InChI is InChI=1S/C6H7.2ClH.Hf/c1-6-4-2-3-5-6;;;/h2-4H,1,5H2;2*1H;/q-1;;;. The van der Waals surface area contributed by atoms with E-state index in [0.717, 1.165) is 6.42 Å². The van der Waals surface area contributed by atoms with E-state index in [1.54, 1.807) is 0 Å². The Bertz CT molecular complexity index is 108. The molecular formula is C6H9Cl2Hf-. The molecule has 9 heavy (non-hydrogen) atoms. The summed E-state index contributed by atoms with van der Waals surface area (Å²) in [5.41, 5.74) is 1.22. The van der Waals surface area contributed by atoms with Crippen LogP contribution in [0.2, 0.25) is 0 Å². The van der Waals surface area contributed by atoms with Crippen LogP contribution in [0.15, 0.2) is 23.8 Å². The Kier molecular flexibility index (Phi) is 16.0. The van der Waals surface area contributed by atoms with Crippen molar-refractivity contribution in [3.05, 3.63) is 30.7 Å². The van der Waals surface area contributed by atoms with Gasteiger partial charge in [0, 0.05) is 25.8 Å². The van der Waals surface area contributed by atoms with E-state index in [9.17, 15) is 0 Å². The minimum Gasteiger partial charge on any atom is -0.241 e. The normalized spacial score (nSPS) is 12.2. The van der Waals surface area contributed by atoms with Crippen molar-refractivity contribution in [1.82, 2.24) is 0 Å². The zero-order valence-electron chi connectivity index (χ0n) is 4.96. The largest absolute Gasteiger partial charge is 0.241 e. The fraction of sp³-hybridized carbons (Fsp3) is 0.167. The molecule has 0 amide bonds. The maximum absolute atomic E-state index is 3.74. The second kappa shape index (κ2) is 8.80. The summed E-state index contributed by atoms with van der Waals surface area (Å²) < 4.78 is 0. The van der Waals surface area contributed by atoms with Crippen molar-refractivity contribution in [3.63, 3.8) is 0 Å². The predicted octanol–water partition coefficient (Wildman–Crippen LogP) is 2.55. The molecular weight excluding hydrogens is 321 g/mol. The molecule has 0 nitrogen and oxygen atoms in total. The van der Waals surface area contributed by atoms with Gasteiger partial charge in [-0.3, -0.25) is 0 Å². The fourth-order valence-electron chi connectivity index (χ4n) is 0.492. The quantitative estimate of drug-likeness (QED) is 0.473. The summed E-state index contributed by atoms with van der Waals surface area (Å²) in [4.78, 5) is 0. The van der Waals surface area contributed by atoms with Crippen molar-refractivity contribution in [2.24, 2.45) is 0 Å². The number of halogens is 2. The average molecular weight is 331 g/mol. The molecule has 0 radical (unpaired) electrons. The number of hydrogen-bond acceptors (Lipinski definition) is 0. The van der Waals surface area contributed by atoms with Crippen molar-refractivity contribution in [2.75, 3.05) is 0 Å². The van der Waals surface area contributed by atoms with Crippen LogP contribution in [-0.2, 0) is 25.8 Å². The first-order valence-electron chi connectivity index (χ1n) is 2.07. The van der Waals surface area contributed by atoms with E-state index in [1.807, 2.05) is 12.2 Å². The van der Waals surface area contributed by atoms with Crippen LogP contribution < -0.4 is 0 Å². The minimum absolute atomic E-state index is 0. The zero-order valence-corrected chi connectivity index (χ0v) is 10.2. The summed E-state index contributed by atoms with van der Waals surface area (Å²) in [7, 11) is 0. The Labute approximate surface area is 87.4 Å². The van der Waals surface area contributed by atoms with E-state index in [1.165, 1.54) is 5.57 Å². The van der Waals surface area contributed by atoms with Gasteiger partial charge in [0.05, 0.1) is 0 Å². The maximum Gasteiger partial charge on any atom is 0 e. The molecule has 0 aromatic carbocycles. The van der Waals surface area contributed by atoms with Crippen LogP contribution in [0.3, 0.4) is 0 Å². The van der Waals surface area contributed by atoms with Crippen molar-refractivity contribution in [1.29, 1.82) is 0 Å². The van der Waals surface area contributed by atoms with E-state index in [4.69, 9.17) is 0 Å². The van der Waals surface area contributed by atoms with E-state index < -0.39 is 0 Å². The molecule has 0 bridgehead atoms. The molecule has 0 unspecified atom stereocenters. The number of rotatable bonds is 0. The molecule has 1 rings (SSSR count). The third-order valence-corrected chi connectivity index (χ3v) is 0.848. The number of hydrogen-bond donors (Lipinski definition) is 0. The van der Waals surface area contributed by atoms with E-state index in [-0.39, 0.29) is 50.7 Å². The van der Waals surface area contributed by atoms with Crippen LogP contribution in [0.25, 0.3) is 0 Å². The number of allylic oxidation sites excluding steroid dienone is 4. The summed E-state index contributed by atoms with van der Waals surface area (Å²) in [5.74, 6) is 0. The smallest absolute Gasteiger partial charge is 0 e. The Morgan fingerprint density at radius 1 is 1.33 bits per heavy atom. The Balaban J connectivity index is -0.000000120. The van der Waals surface area contributed by atoms with Gasteiger partial charge < -0.3 is 0 Å². The van der Waals surface area contributed by atoms with Crippen LogP contribution in [-0.4, -0.2) is 0 Å². The van der Waals surface area contributed by atoms with Crippen molar-refractivity contribution in [2.45, 2.75) is 6.42 Å². The Hall–Kier alpha value is 0.800. The van der Waals surface area contributed by atoms with Gasteiger partial charge in [-0.25, -0.2) is 18.6 Å². The third kappa shape index (κ3) is 6.69. The monoisotopic (exact) mass is 331 g/mol. The molecule has 0 heterocycles. The maximum atomic E-state index is 3.74. The molecule has 1 aliphatic rings. The Morgan fingerprint density at radius 2 is 1.89 bits per heavy atom. The van der Waals surface area contributed by atoms with Gasteiger partial charge in [-0.05, 0) is 6.42 Å². The van der Waals surface area contributed by atoms with Crippen LogP contribution in [0.5, 0.6) is 0 Å². The van der Waals surface area contributed by atoms with E-state index in [0.29, 0.717) is 0 Å². The van der Waals surface area contributed by atoms with Crippen molar-refractivity contribution < 1.29 is 25.8 Å². The van der Waals surface area contributed by atoms with Gasteiger partial charge in [0.1, 0.15) is 0 Å². The van der Waals surface area contributed by atoms with Crippen LogP contribution in [0.4, 0.5) is 0 Å². The molecule has 0 N–H and O–H groups in total. The second-order valence-corrected chi connectivity index (χ2v) is 1.46. The molecule has 0 aromatic rings. The fourth-order valence-corrected chi connectivity index (χ4v) is 0.492. The average Bonchev–Trinajstić information content (AvgIpc) is 1.86. The molecule has 0 fully saturated rings. The van der Waals surface area contributed by atoms with Gasteiger partial charge >= 0.3 is 0 Å². The van der Waals surface area contributed by atoms with Crippen molar-refractivity contribution in [3.8, 4) is 0 Å². The summed E-state index contributed by atoms with van der Waals surface area (Å²) in [6, 6.07) is 0. The van der Waals surface area contributed by atoms with Crippen LogP contribution >= 0.6 is 24.8 Å². The summed E-state index contributed by atoms with van der Waals surface area (Å²) >= 11 is 0. The molecule has 0 aromatic heterocycles. The molecule has 0 saturated carbocycles. The molecule has 1 aliphatic carbocycles. The Morgan fingerprint density at radius 3 is 2.00 bits per heavy atom. The summed E-state index contributed by atoms with van der Waals surface area (Å²) in [5, 5.41) is 0. The molecule has 52 valence electrons. The zero-order chi connectivity index (χ0) is 4.41. The predicted molar refractivity (Wildman–Crippen MR) is 41.7 cm³/mol. The van der Waals surface area contributed by atoms with Gasteiger partial charge in [-0.1, -0.05) is 0 Å². The summed E-state index contributed by atoms with van der Waals surface area (Å²) in [6.07, 6.45) is 7.21. The van der Waals surface area contributed by atoms with Gasteiger partial charge in [-0.15, -0.1) is 37.0 Å². The van der Waals surface area contributed by atoms with E-state index >= 15 is 0 Å². The summed E-state index contributed by atoms with van der Waals surface area (Å²) in [6.45, 7) is 3.74. The first-order valence-corrected chi connectivity index (χ1v) is 2.07. The van der Waals surface area contributed by atoms with E-state index in [2.05, 4.69) is 13.0 Å². The minimum atomic E-state index is 0. The second-order valence-electron chi connectivity index (χ2n) is 1.46. The topological polar surface area (TPSA) is 0 Å². The third-order valence-electron chi connectivity index (χ3n) is 0.848. The molecule has 3 heteroatoms. The van der Waals surface area contributed by atoms with Gasteiger partial charge in [0.15, 0.2) is 0 Å².